The Kier molecular flexibility index (Phi) is 7.26. The van der Waals surface area contributed by atoms with Crippen LogP contribution in [0.2, 0.25) is 0 Å². The molecule has 2 amide bonds. The fraction of sp³-hybridized carbons (Fsp3) is 0.846. The van der Waals surface area contributed by atoms with Gasteiger partial charge < -0.3 is 15.4 Å². The van der Waals surface area contributed by atoms with Crippen LogP contribution in [0.1, 0.15) is 41.0 Å². The standard InChI is InChI=1S/C13H26N2O3S/c1-12(2,3)18-11(17)15-9-13(4,5)8-10(16)14-6-7-19/h19H,6-9H2,1-5H3,(H,14,16)(H,15,17). The molecular weight excluding hydrogens is 264 g/mol. The lowest BCUT2D eigenvalue weighted by molar-refractivity contribution is -0.122. The molecule has 0 atom stereocenters. The number of nitrogens with one attached hydrogen (secondary N) is 2. The minimum absolute atomic E-state index is 0.0370. The van der Waals surface area contributed by atoms with Crippen molar-refractivity contribution in [1.29, 1.82) is 0 Å². The Morgan fingerprint density at radius 1 is 1.11 bits per heavy atom. The summed E-state index contributed by atoms with van der Waals surface area (Å²) in [5, 5.41) is 5.44. The van der Waals surface area contributed by atoms with Crippen molar-refractivity contribution in [2.75, 3.05) is 18.8 Å². The zero-order valence-corrected chi connectivity index (χ0v) is 13.4. The van der Waals surface area contributed by atoms with E-state index < -0.39 is 11.7 Å². The van der Waals surface area contributed by atoms with Crippen LogP contribution < -0.4 is 10.6 Å². The van der Waals surface area contributed by atoms with E-state index in [9.17, 15) is 9.59 Å². The van der Waals surface area contributed by atoms with Gasteiger partial charge in [-0.05, 0) is 26.2 Å². The number of carbonyl (C=O) groups is 2. The molecule has 5 nitrogen and oxygen atoms in total. The van der Waals surface area contributed by atoms with Gasteiger partial charge in [0.15, 0.2) is 0 Å². The first-order chi connectivity index (χ1) is 8.56. The van der Waals surface area contributed by atoms with Gasteiger partial charge in [0.25, 0.3) is 0 Å². The van der Waals surface area contributed by atoms with E-state index in [1.165, 1.54) is 0 Å². The molecule has 0 unspecified atom stereocenters. The van der Waals surface area contributed by atoms with Gasteiger partial charge in [-0.2, -0.15) is 12.6 Å². The van der Waals surface area contributed by atoms with Crippen molar-refractivity contribution in [3.63, 3.8) is 0 Å². The maximum Gasteiger partial charge on any atom is 0.407 e. The Morgan fingerprint density at radius 2 is 1.68 bits per heavy atom. The number of rotatable bonds is 6. The van der Waals surface area contributed by atoms with Gasteiger partial charge in [-0.3, -0.25) is 4.79 Å². The third-order valence-corrected chi connectivity index (χ3v) is 2.41. The molecule has 0 rings (SSSR count). The van der Waals surface area contributed by atoms with Crippen molar-refractivity contribution >= 4 is 24.6 Å². The van der Waals surface area contributed by atoms with Crippen molar-refractivity contribution in [2.45, 2.75) is 46.6 Å². The third-order valence-electron chi connectivity index (χ3n) is 2.18. The molecule has 112 valence electrons. The zero-order chi connectivity index (χ0) is 15.1. The van der Waals surface area contributed by atoms with Crippen molar-refractivity contribution in [1.82, 2.24) is 10.6 Å². The molecule has 0 heterocycles. The summed E-state index contributed by atoms with van der Waals surface area (Å²) in [5.41, 5.74) is -0.838. The average molecular weight is 290 g/mol. The topological polar surface area (TPSA) is 67.4 Å². The van der Waals surface area contributed by atoms with Gasteiger partial charge in [-0.15, -0.1) is 0 Å². The second-order valence-electron chi connectivity index (χ2n) is 6.27. The monoisotopic (exact) mass is 290 g/mol. The number of hydrogen-bond donors (Lipinski definition) is 3. The van der Waals surface area contributed by atoms with Gasteiger partial charge in [0, 0.05) is 25.3 Å². The normalized spacial score (nSPS) is 11.9. The molecule has 0 fully saturated rings. The molecule has 2 N–H and O–H groups in total. The second-order valence-corrected chi connectivity index (χ2v) is 6.72. The summed E-state index contributed by atoms with van der Waals surface area (Å²) in [6.45, 7) is 10.2. The fourth-order valence-electron chi connectivity index (χ4n) is 1.38. The molecule has 0 aromatic carbocycles. The third kappa shape index (κ3) is 10.7. The number of carbonyl (C=O) groups excluding carboxylic acids is 2. The molecule has 0 radical (unpaired) electrons. The second kappa shape index (κ2) is 7.62. The Morgan fingerprint density at radius 3 is 2.16 bits per heavy atom. The van der Waals surface area contributed by atoms with Crippen molar-refractivity contribution < 1.29 is 14.3 Å². The van der Waals surface area contributed by atoms with Gasteiger partial charge >= 0.3 is 6.09 Å². The minimum Gasteiger partial charge on any atom is -0.444 e. The number of hydrogen-bond acceptors (Lipinski definition) is 4. The highest BCUT2D eigenvalue weighted by Gasteiger charge is 2.24. The first-order valence-electron chi connectivity index (χ1n) is 6.40. The first kappa shape index (κ1) is 18.1. The average Bonchev–Trinajstić information content (AvgIpc) is 2.21. The molecule has 0 saturated carbocycles. The van der Waals surface area contributed by atoms with Gasteiger partial charge in [-0.25, -0.2) is 4.79 Å². The largest absolute Gasteiger partial charge is 0.444 e. The van der Waals surface area contributed by atoms with Crippen LogP contribution in [-0.2, 0) is 9.53 Å². The molecule has 0 aliphatic heterocycles. The minimum atomic E-state index is -0.516. The zero-order valence-electron chi connectivity index (χ0n) is 12.5. The van der Waals surface area contributed by atoms with Crippen LogP contribution in [0.25, 0.3) is 0 Å². The predicted molar refractivity (Wildman–Crippen MR) is 79.5 cm³/mol. The molecule has 0 spiro atoms. The summed E-state index contributed by atoms with van der Waals surface area (Å²) < 4.78 is 5.14. The Hall–Kier alpha value is -0.910. The van der Waals surface area contributed by atoms with E-state index in [-0.39, 0.29) is 11.3 Å². The molecule has 0 aliphatic rings. The van der Waals surface area contributed by atoms with E-state index in [1.54, 1.807) is 0 Å². The van der Waals surface area contributed by atoms with Crippen LogP contribution in [0.5, 0.6) is 0 Å². The van der Waals surface area contributed by atoms with E-state index >= 15 is 0 Å². The van der Waals surface area contributed by atoms with Crippen LogP contribution in [0.15, 0.2) is 0 Å². The van der Waals surface area contributed by atoms with E-state index in [0.717, 1.165) is 0 Å². The lowest BCUT2D eigenvalue weighted by Crippen LogP contribution is -2.40. The number of alkyl carbamates (subject to hydrolysis) is 1. The highest BCUT2D eigenvalue weighted by molar-refractivity contribution is 7.80. The highest BCUT2D eigenvalue weighted by Crippen LogP contribution is 2.19. The van der Waals surface area contributed by atoms with Crippen molar-refractivity contribution in [2.24, 2.45) is 5.41 Å². The summed E-state index contributed by atoms with van der Waals surface area (Å²) in [7, 11) is 0. The Bertz CT molecular complexity index is 312. The maximum atomic E-state index is 11.6. The van der Waals surface area contributed by atoms with Crippen molar-refractivity contribution in [3.05, 3.63) is 0 Å². The van der Waals surface area contributed by atoms with Crippen LogP contribution in [-0.4, -0.2) is 36.4 Å². The molecule has 0 aromatic heterocycles. The van der Waals surface area contributed by atoms with Crippen LogP contribution in [0, 0.1) is 5.41 Å². The number of ether oxygens (including phenoxy) is 1. The van der Waals surface area contributed by atoms with Crippen LogP contribution in [0.4, 0.5) is 4.79 Å². The summed E-state index contributed by atoms with van der Waals surface area (Å²) >= 11 is 4.03. The molecule has 19 heavy (non-hydrogen) atoms. The number of amides is 2. The SMILES string of the molecule is CC(C)(CNC(=O)OC(C)(C)C)CC(=O)NCCS. The summed E-state index contributed by atoms with van der Waals surface area (Å²) in [6, 6.07) is 0. The van der Waals surface area contributed by atoms with Crippen LogP contribution in [0.3, 0.4) is 0 Å². The van der Waals surface area contributed by atoms with Gasteiger partial charge in [0.05, 0.1) is 0 Å². The highest BCUT2D eigenvalue weighted by atomic mass is 32.1. The first-order valence-corrected chi connectivity index (χ1v) is 7.03. The van der Waals surface area contributed by atoms with Crippen LogP contribution >= 0.6 is 12.6 Å². The van der Waals surface area contributed by atoms with Crippen molar-refractivity contribution in [3.8, 4) is 0 Å². The van der Waals surface area contributed by atoms with E-state index in [4.69, 9.17) is 4.74 Å². The lowest BCUT2D eigenvalue weighted by Gasteiger charge is -2.26. The molecule has 6 heteroatoms. The molecule has 0 aliphatic carbocycles. The van der Waals surface area contributed by atoms with Gasteiger partial charge in [0.1, 0.15) is 5.60 Å². The van der Waals surface area contributed by atoms with E-state index in [0.29, 0.717) is 25.3 Å². The predicted octanol–water partition coefficient (Wildman–Crippen LogP) is 1.97. The maximum absolute atomic E-state index is 11.6. The van der Waals surface area contributed by atoms with Gasteiger partial charge in [0.2, 0.25) is 5.91 Å². The molecule has 0 saturated heterocycles. The Labute approximate surface area is 121 Å². The Balaban J connectivity index is 4.09. The smallest absolute Gasteiger partial charge is 0.407 e. The van der Waals surface area contributed by atoms with Gasteiger partial charge in [-0.1, -0.05) is 13.8 Å². The van der Waals surface area contributed by atoms with E-state index in [1.807, 2.05) is 34.6 Å². The molecule has 0 aromatic rings. The number of thiol groups is 1. The fourth-order valence-corrected chi connectivity index (χ4v) is 1.49. The quantitative estimate of drug-likeness (QED) is 0.655. The molecule has 0 bridgehead atoms. The van der Waals surface area contributed by atoms with E-state index in [2.05, 4.69) is 23.3 Å². The molecular formula is C13H26N2O3S. The lowest BCUT2D eigenvalue weighted by atomic mass is 9.89. The summed E-state index contributed by atoms with van der Waals surface area (Å²) in [6.07, 6.45) is -0.118. The summed E-state index contributed by atoms with van der Waals surface area (Å²) in [5.74, 6) is 0.576. The summed E-state index contributed by atoms with van der Waals surface area (Å²) in [4.78, 5) is 23.1.